The summed E-state index contributed by atoms with van der Waals surface area (Å²) in [5.41, 5.74) is 2.40. The minimum atomic E-state index is -0.469. The van der Waals surface area contributed by atoms with Crippen LogP contribution >= 0.6 is 0 Å². The summed E-state index contributed by atoms with van der Waals surface area (Å²) >= 11 is 0. The Kier molecular flexibility index (Phi) is 7.20. The second-order valence-corrected chi connectivity index (χ2v) is 7.15. The molecule has 0 aliphatic heterocycles. The van der Waals surface area contributed by atoms with Gasteiger partial charge in [-0.3, -0.25) is 14.9 Å². The molecule has 0 aliphatic rings. The number of nitro groups is 1. The van der Waals surface area contributed by atoms with Crippen LogP contribution in [0, 0.1) is 16.0 Å². The molecule has 2 rings (SSSR count). The molecule has 0 atom stereocenters. The topological polar surface area (TPSA) is 109 Å². The molecular formula is C20H25N5O3. The molecule has 2 aromatic rings. The predicted molar refractivity (Wildman–Crippen MR) is 111 cm³/mol. The summed E-state index contributed by atoms with van der Waals surface area (Å²) in [6.45, 7) is 8.01. The summed E-state index contributed by atoms with van der Waals surface area (Å²) in [4.78, 5) is 22.5. The number of non-ortho nitro benzene ring substituents is 1. The Morgan fingerprint density at radius 2 is 1.75 bits per heavy atom. The smallest absolute Gasteiger partial charge is 0.269 e. The maximum absolute atomic E-state index is 12.2. The zero-order chi connectivity index (χ0) is 20.7. The number of benzene rings is 2. The van der Waals surface area contributed by atoms with Gasteiger partial charge in [-0.15, -0.1) is 5.11 Å². The summed E-state index contributed by atoms with van der Waals surface area (Å²) < 4.78 is 0. The van der Waals surface area contributed by atoms with Crippen molar-refractivity contribution < 1.29 is 9.72 Å². The Bertz CT molecular complexity index is 861. The monoisotopic (exact) mass is 383 g/mol. The van der Waals surface area contributed by atoms with Gasteiger partial charge in [-0.05, 0) is 50.1 Å². The number of nitrogens with zero attached hydrogens (tertiary/aromatic N) is 3. The molecule has 0 radical (unpaired) electrons. The molecule has 0 aromatic heterocycles. The van der Waals surface area contributed by atoms with E-state index in [1.54, 1.807) is 6.07 Å². The quantitative estimate of drug-likeness (QED) is 0.340. The third-order valence-corrected chi connectivity index (χ3v) is 3.65. The molecule has 0 saturated heterocycles. The molecule has 8 nitrogen and oxygen atoms in total. The molecule has 28 heavy (non-hydrogen) atoms. The Labute approximate surface area is 164 Å². The molecule has 2 aromatic carbocycles. The van der Waals surface area contributed by atoms with Gasteiger partial charge in [0.05, 0.1) is 16.3 Å². The Balaban J connectivity index is 2.27. The number of azo groups is 1. The predicted octanol–water partition coefficient (Wildman–Crippen LogP) is 5.82. The number of amides is 1. The van der Waals surface area contributed by atoms with Crippen LogP contribution in [0.15, 0.2) is 52.7 Å². The number of rotatable bonds is 8. The molecule has 2 N–H and O–H groups in total. The van der Waals surface area contributed by atoms with Gasteiger partial charge in [0, 0.05) is 30.3 Å². The fraction of sp³-hybridized carbons (Fsp3) is 0.350. The number of carbonyl (C=O) groups is 1. The van der Waals surface area contributed by atoms with Crippen LogP contribution in [0.3, 0.4) is 0 Å². The summed E-state index contributed by atoms with van der Waals surface area (Å²) in [6.07, 6.45) is 0.404. The van der Waals surface area contributed by atoms with E-state index in [-0.39, 0.29) is 23.6 Å². The maximum atomic E-state index is 12.2. The normalized spacial score (nSPS) is 11.2. The first kappa shape index (κ1) is 21.0. The molecule has 0 bridgehead atoms. The SMILES string of the molecule is CC(C)CC(=O)Nc1cc(NC(C)C)ccc1N=Nc1ccc([N+](=O)[O-])cc1. The van der Waals surface area contributed by atoms with E-state index in [9.17, 15) is 14.9 Å². The first-order chi connectivity index (χ1) is 13.2. The summed E-state index contributed by atoms with van der Waals surface area (Å²) in [5.74, 6) is 0.144. The van der Waals surface area contributed by atoms with Gasteiger partial charge in [0.2, 0.25) is 5.91 Å². The highest BCUT2D eigenvalue weighted by Gasteiger charge is 2.11. The van der Waals surface area contributed by atoms with E-state index in [4.69, 9.17) is 0 Å². The average Bonchev–Trinajstić information content (AvgIpc) is 2.60. The van der Waals surface area contributed by atoms with E-state index in [1.165, 1.54) is 24.3 Å². The van der Waals surface area contributed by atoms with Gasteiger partial charge in [0.25, 0.3) is 5.69 Å². The number of hydrogen-bond donors (Lipinski definition) is 2. The van der Waals surface area contributed by atoms with Gasteiger partial charge in [-0.2, -0.15) is 5.11 Å². The highest BCUT2D eigenvalue weighted by atomic mass is 16.6. The second-order valence-electron chi connectivity index (χ2n) is 7.15. The second kappa shape index (κ2) is 9.59. The molecule has 0 aliphatic carbocycles. The molecule has 0 fully saturated rings. The highest BCUT2D eigenvalue weighted by molar-refractivity contribution is 5.94. The van der Waals surface area contributed by atoms with Crippen LogP contribution in [0.5, 0.6) is 0 Å². The molecule has 0 heterocycles. The van der Waals surface area contributed by atoms with Gasteiger partial charge >= 0.3 is 0 Å². The number of hydrogen-bond acceptors (Lipinski definition) is 6. The van der Waals surface area contributed by atoms with Crippen LogP contribution in [0.2, 0.25) is 0 Å². The average molecular weight is 383 g/mol. The largest absolute Gasteiger partial charge is 0.383 e. The third kappa shape index (κ3) is 6.46. The van der Waals surface area contributed by atoms with Crippen LogP contribution in [-0.2, 0) is 4.79 Å². The Morgan fingerprint density at radius 1 is 1.07 bits per heavy atom. The third-order valence-electron chi connectivity index (χ3n) is 3.65. The summed E-state index contributed by atoms with van der Waals surface area (Å²) in [7, 11) is 0. The first-order valence-electron chi connectivity index (χ1n) is 9.11. The molecule has 148 valence electrons. The van der Waals surface area contributed by atoms with E-state index in [0.717, 1.165) is 5.69 Å². The van der Waals surface area contributed by atoms with Crippen molar-refractivity contribution in [3.05, 3.63) is 52.6 Å². The number of anilines is 2. The van der Waals surface area contributed by atoms with Crippen molar-refractivity contribution in [2.45, 2.75) is 40.2 Å². The maximum Gasteiger partial charge on any atom is 0.269 e. The van der Waals surface area contributed by atoms with Gasteiger partial charge in [-0.25, -0.2) is 0 Å². The molecular weight excluding hydrogens is 358 g/mol. The first-order valence-corrected chi connectivity index (χ1v) is 9.11. The van der Waals surface area contributed by atoms with E-state index in [2.05, 4.69) is 20.9 Å². The minimum absolute atomic E-state index is 0.00954. The van der Waals surface area contributed by atoms with Gasteiger partial charge < -0.3 is 10.6 Å². The van der Waals surface area contributed by atoms with E-state index in [0.29, 0.717) is 23.5 Å². The Morgan fingerprint density at radius 3 is 2.32 bits per heavy atom. The van der Waals surface area contributed by atoms with Crippen molar-refractivity contribution in [2.24, 2.45) is 16.1 Å². The van der Waals surface area contributed by atoms with Crippen LogP contribution in [0.25, 0.3) is 0 Å². The lowest BCUT2D eigenvalue weighted by molar-refractivity contribution is -0.384. The van der Waals surface area contributed by atoms with Crippen LogP contribution in [0.1, 0.15) is 34.1 Å². The van der Waals surface area contributed by atoms with Crippen molar-refractivity contribution in [2.75, 3.05) is 10.6 Å². The van der Waals surface area contributed by atoms with Gasteiger partial charge in [0.1, 0.15) is 5.69 Å². The fourth-order valence-corrected chi connectivity index (χ4v) is 2.47. The minimum Gasteiger partial charge on any atom is -0.383 e. The van der Waals surface area contributed by atoms with E-state index >= 15 is 0 Å². The van der Waals surface area contributed by atoms with E-state index in [1.807, 2.05) is 39.8 Å². The zero-order valence-electron chi connectivity index (χ0n) is 16.5. The molecule has 0 saturated carbocycles. The Hall–Kier alpha value is -3.29. The fourth-order valence-electron chi connectivity index (χ4n) is 2.47. The number of nitrogens with one attached hydrogen (secondary N) is 2. The zero-order valence-corrected chi connectivity index (χ0v) is 16.5. The number of nitro benzene ring substituents is 1. The van der Waals surface area contributed by atoms with Gasteiger partial charge in [0.15, 0.2) is 0 Å². The summed E-state index contributed by atoms with van der Waals surface area (Å²) in [5, 5.41) is 25.3. The van der Waals surface area contributed by atoms with Crippen molar-refractivity contribution in [1.82, 2.24) is 0 Å². The highest BCUT2D eigenvalue weighted by Crippen LogP contribution is 2.31. The molecule has 0 spiro atoms. The van der Waals surface area contributed by atoms with Crippen LogP contribution in [-0.4, -0.2) is 16.9 Å². The lowest BCUT2D eigenvalue weighted by atomic mass is 10.1. The summed E-state index contributed by atoms with van der Waals surface area (Å²) in [6, 6.07) is 11.5. The molecule has 1 amide bonds. The standard InChI is InChI=1S/C20H25N5O3/c1-13(2)11-20(26)22-19-12-16(21-14(3)4)7-10-18(19)24-23-15-5-8-17(9-6-15)25(27)28/h5-10,12-14,21H,11H2,1-4H3,(H,22,26). The lowest BCUT2D eigenvalue weighted by Gasteiger charge is -2.14. The van der Waals surface area contributed by atoms with Crippen molar-refractivity contribution in [3.63, 3.8) is 0 Å². The molecule has 0 unspecified atom stereocenters. The van der Waals surface area contributed by atoms with E-state index < -0.39 is 4.92 Å². The van der Waals surface area contributed by atoms with Crippen molar-refractivity contribution in [3.8, 4) is 0 Å². The van der Waals surface area contributed by atoms with Crippen molar-refractivity contribution >= 4 is 34.3 Å². The molecule has 8 heteroatoms. The lowest BCUT2D eigenvalue weighted by Crippen LogP contribution is -2.15. The van der Waals surface area contributed by atoms with Crippen LogP contribution < -0.4 is 10.6 Å². The van der Waals surface area contributed by atoms with Gasteiger partial charge in [-0.1, -0.05) is 13.8 Å². The van der Waals surface area contributed by atoms with Crippen LogP contribution in [0.4, 0.5) is 28.4 Å². The number of carbonyl (C=O) groups excluding carboxylic acids is 1. The van der Waals surface area contributed by atoms with Crippen molar-refractivity contribution in [1.29, 1.82) is 0 Å².